The lowest BCUT2D eigenvalue weighted by Crippen LogP contribution is -2.42. The quantitative estimate of drug-likeness (QED) is 0.539. The van der Waals surface area contributed by atoms with Crippen molar-refractivity contribution in [1.82, 2.24) is 0 Å². The molecule has 2 aliphatic carbocycles. The molecule has 2 N–H and O–H groups in total. The molecule has 0 saturated carbocycles. The normalized spacial score (nSPS) is 22.2. The summed E-state index contributed by atoms with van der Waals surface area (Å²) in [5.74, 6) is -0.564. The van der Waals surface area contributed by atoms with Crippen LogP contribution in [0.5, 0.6) is 0 Å². The largest absolute Gasteiger partial charge is 0.399 e. The van der Waals surface area contributed by atoms with Gasteiger partial charge in [0, 0.05) is 5.92 Å². The van der Waals surface area contributed by atoms with Crippen LogP contribution >= 0.6 is 0 Å². The highest BCUT2D eigenvalue weighted by molar-refractivity contribution is 6.03. The van der Waals surface area contributed by atoms with E-state index in [0.29, 0.717) is 5.57 Å². The number of rotatable bonds is 1. The predicted molar refractivity (Wildman–Crippen MR) is 120 cm³/mol. The Morgan fingerprint density at radius 1 is 0.903 bits per heavy atom. The lowest BCUT2D eigenvalue weighted by molar-refractivity contribution is 0.321. The van der Waals surface area contributed by atoms with Crippen LogP contribution in [0.4, 0.5) is 0 Å². The molecule has 0 unspecified atom stereocenters. The summed E-state index contributed by atoms with van der Waals surface area (Å²) in [7, 11) is 0. The second-order valence-electron chi connectivity index (χ2n) is 8.34. The summed E-state index contributed by atoms with van der Waals surface area (Å²) in [4.78, 5) is 0. The van der Waals surface area contributed by atoms with Gasteiger partial charge in [0.05, 0.1) is 23.4 Å². The third kappa shape index (κ3) is 2.51. The zero-order valence-corrected chi connectivity index (χ0v) is 17.0. The minimum atomic E-state index is -1.60. The predicted octanol–water partition coefficient (Wildman–Crippen LogP) is 5.59. The monoisotopic (exact) mass is 400 g/mol. The summed E-state index contributed by atoms with van der Waals surface area (Å²) < 4.78 is 0. The minimum Gasteiger partial charge on any atom is -0.399 e. The molecule has 2 aliphatic rings. The molecule has 3 aromatic carbocycles. The number of nitrogens with two attached hydrogens (primary N) is 1. The molecule has 0 aliphatic heterocycles. The number of allylic oxidation sites excluding steroid dienone is 4. The van der Waals surface area contributed by atoms with E-state index in [2.05, 4.69) is 54.6 Å². The number of fused-ring (bicyclic) bond motifs is 3. The van der Waals surface area contributed by atoms with E-state index in [1.807, 2.05) is 24.3 Å². The molecule has 0 bridgehead atoms. The second kappa shape index (κ2) is 7.02. The fraction of sp³-hybridized carbons (Fsp3) is 0.222. The van der Waals surface area contributed by atoms with Gasteiger partial charge in [-0.3, -0.25) is 0 Å². The number of hydrogen-bond acceptors (Lipinski definition) is 4. The minimum absolute atomic E-state index is 0.0893. The van der Waals surface area contributed by atoms with E-state index < -0.39 is 11.3 Å². The number of nitriles is 3. The first-order valence-corrected chi connectivity index (χ1v) is 10.5. The molecular formula is C27H20N4. The fourth-order valence-electron chi connectivity index (χ4n) is 5.57. The molecular weight excluding hydrogens is 380 g/mol. The van der Waals surface area contributed by atoms with Crippen molar-refractivity contribution >= 4 is 21.5 Å². The first-order valence-electron chi connectivity index (χ1n) is 10.5. The van der Waals surface area contributed by atoms with E-state index >= 15 is 0 Å². The summed E-state index contributed by atoms with van der Waals surface area (Å²) in [6.45, 7) is 0. The van der Waals surface area contributed by atoms with Crippen LogP contribution in [0.25, 0.3) is 21.5 Å². The molecule has 2 atom stereocenters. The Labute approximate surface area is 181 Å². The highest BCUT2D eigenvalue weighted by Crippen LogP contribution is 2.57. The maximum absolute atomic E-state index is 10.4. The summed E-state index contributed by atoms with van der Waals surface area (Å²) in [5, 5.41) is 34.8. The van der Waals surface area contributed by atoms with Gasteiger partial charge in [-0.1, -0.05) is 54.6 Å². The standard InChI is InChI=1S/C27H20N4/c28-14-23-21-11-5-6-12-22(21)25(27(15-29,16-30)26(23)31)24-19-9-3-1-7-17(19)13-18-8-2-4-10-20(18)24/h1-4,7-11,13,22,25H,5-6,12,31H2/t22-,25-/m0/s1. The molecule has 0 fully saturated rings. The van der Waals surface area contributed by atoms with Crippen molar-refractivity contribution in [3.8, 4) is 18.2 Å². The highest BCUT2D eigenvalue weighted by Gasteiger charge is 2.54. The second-order valence-corrected chi connectivity index (χ2v) is 8.34. The molecule has 4 heteroatoms. The average Bonchev–Trinajstić information content (AvgIpc) is 2.82. The SMILES string of the molecule is N#CC1=C(N)C(C#N)(C#N)[C@H](c2c3ccccc3cc3ccccc23)[C@H]2CCCC=C12. The fourth-order valence-corrected chi connectivity index (χ4v) is 5.57. The van der Waals surface area contributed by atoms with Gasteiger partial charge < -0.3 is 5.73 Å². The van der Waals surface area contributed by atoms with Crippen molar-refractivity contribution in [1.29, 1.82) is 15.8 Å². The lowest BCUT2D eigenvalue weighted by atomic mass is 9.56. The van der Waals surface area contributed by atoms with Crippen LogP contribution in [0.15, 0.2) is 77.5 Å². The summed E-state index contributed by atoms with van der Waals surface area (Å²) in [6, 6.07) is 25.1. The van der Waals surface area contributed by atoms with Gasteiger partial charge >= 0.3 is 0 Å². The Hall–Kier alpha value is -4.07. The van der Waals surface area contributed by atoms with Gasteiger partial charge in [0.25, 0.3) is 0 Å². The summed E-state index contributed by atoms with van der Waals surface area (Å²) >= 11 is 0. The zero-order valence-electron chi connectivity index (χ0n) is 17.0. The van der Waals surface area contributed by atoms with Crippen molar-refractivity contribution in [2.24, 2.45) is 17.1 Å². The molecule has 0 radical (unpaired) electrons. The van der Waals surface area contributed by atoms with E-state index in [9.17, 15) is 15.8 Å². The van der Waals surface area contributed by atoms with E-state index in [1.54, 1.807) is 0 Å². The van der Waals surface area contributed by atoms with Crippen molar-refractivity contribution < 1.29 is 0 Å². The van der Waals surface area contributed by atoms with Gasteiger partial charge in [-0.05, 0) is 63.9 Å². The first kappa shape index (κ1) is 18.9. The third-order valence-corrected chi connectivity index (χ3v) is 6.92. The summed E-state index contributed by atoms with van der Waals surface area (Å²) in [5.41, 5.74) is 7.17. The van der Waals surface area contributed by atoms with Gasteiger partial charge in [-0.2, -0.15) is 15.8 Å². The molecule has 0 saturated heterocycles. The van der Waals surface area contributed by atoms with Crippen LogP contribution in [0.1, 0.15) is 30.7 Å². The average molecular weight is 400 g/mol. The third-order valence-electron chi connectivity index (χ3n) is 6.92. The van der Waals surface area contributed by atoms with Crippen molar-refractivity contribution in [2.75, 3.05) is 0 Å². The van der Waals surface area contributed by atoms with Gasteiger partial charge in [-0.25, -0.2) is 0 Å². The van der Waals surface area contributed by atoms with E-state index in [-0.39, 0.29) is 11.6 Å². The molecule has 0 aromatic heterocycles. The Balaban J connectivity index is 1.97. The van der Waals surface area contributed by atoms with Crippen LogP contribution in [-0.4, -0.2) is 0 Å². The van der Waals surface area contributed by atoms with Crippen molar-refractivity contribution in [3.63, 3.8) is 0 Å². The van der Waals surface area contributed by atoms with Crippen molar-refractivity contribution in [2.45, 2.75) is 25.2 Å². The molecule has 5 rings (SSSR count). The zero-order chi connectivity index (χ0) is 21.6. The van der Waals surface area contributed by atoms with Gasteiger partial charge in [0.15, 0.2) is 5.41 Å². The molecule has 0 spiro atoms. The van der Waals surface area contributed by atoms with E-state index in [0.717, 1.165) is 51.9 Å². The van der Waals surface area contributed by atoms with Gasteiger partial charge in [-0.15, -0.1) is 0 Å². The van der Waals surface area contributed by atoms with Crippen LogP contribution in [0.3, 0.4) is 0 Å². The van der Waals surface area contributed by atoms with Gasteiger partial charge in [0.2, 0.25) is 0 Å². The summed E-state index contributed by atoms with van der Waals surface area (Å²) in [6.07, 6.45) is 4.73. The Morgan fingerprint density at radius 2 is 1.52 bits per heavy atom. The van der Waals surface area contributed by atoms with Gasteiger partial charge in [0.1, 0.15) is 6.07 Å². The smallest absolute Gasteiger partial charge is 0.191 e. The highest BCUT2D eigenvalue weighted by atomic mass is 14.7. The van der Waals surface area contributed by atoms with E-state index in [4.69, 9.17) is 5.73 Å². The van der Waals surface area contributed by atoms with Crippen LogP contribution in [-0.2, 0) is 0 Å². The van der Waals surface area contributed by atoms with Crippen LogP contribution < -0.4 is 5.73 Å². The maximum Gasteiger partial charge on any atom is 0.191 e. The van der Waals surface area contributed by atoms with Crippen molar-refractivity contribution in [3.05, 3.63) is 83.1 Å². The Kier molecular flexibility index (Phi) is 4.28. The molecule has 0 amide bonds. The Morgan fingerprint density at radius 3 is 2.10 bits per heavy atom. The molecule has 31 heavy (non-hydrogen) atoms. The lowest BCUT2D eigenvalue weighted by Gasteiger charge is -2.44. The number of hydrogen-bond donors (Lipinski definition) is 1. The number of nitrogens with zero attached hydrogens (tertiary/aromatic N) is 3. The molecule has 3 aromatic rings. The first-order chi connectivity index (χ1) is 15.2. The Bertz CT molecular complexity index is 1350. The molecule has 4 nitrogen and oxygen atoms in total. The topological polar surface area (TPSA) is 97.4 Å². The van der Waals surface area contributed by atoms with E-state index in [1.165, 1.54) is 0 Å². The van der Waals surface area contributed by atoms with Crippen LogP contribution in [0, 0.1) is 45.3 Å². The molecule has 0 heterocycles. The number of benzene rings is 3. The molecule has 148 valence electrons. The maximum atomic E-state index is 10.4. The van der Waals surface area contributed by atoms with Crippen LogP contribution in [0.2, 0.25) is 0 Å².